The molecule has 2 heterocycles. The Hall–Kier alpha value is -1.55. The summed E-state index contributed by atoms with van der Waals surface area (Å²) in [6.07, 6.45) is 5.29. The Kier molecular flexibility index (Phi) is 2.37. The first-order valence-electron chi connectivity index (χ1n) is 4.08. The number of alkyl halides is 1. The number of hydrogen-bond acceptors (Lipinski definition) is 2. The van der Waals surface area contributed by atoms with E-state index in [0.717, 1.165) is 5.65 Å². The summed E-state index contributed by atoms with van der Waals surface area (Å²) < 4.78 is 1.82. The molecule has 0 spiro atoms. The number of carbonyl (C=O) groups is 1. The van der Waals surface area contributed by atoms with Crippen LogP contribution in [0, 0.1) is 0 Å². The Morgan fingerprint density at radius 3 is 3.21 bits per heavy atom. The fourth-order valence-corrected chi connectivity index (χ4v) is 1.26. The maximum Gasteiger partial charge on any atom is 0.239 e. The Balaban J connectivity index is 2.30. The molecule has 1 amide bonds. The van der Waals surface area contributed by atoms with Gasteiger partial charge in [-0.1, -0.05) is 0 Å². The minimum absolute atomic E-state index is 0.0397. The Morgan fingerprint density at radius 2 is 2.43 bits per heavy atom. The van der Waals surface area contributed by atoms with Crippen molar-refractivity contribution >= 4 is 28.8 Å². The molecule has 0 saturated carbocycles. The van der Waals surface area contributed by atoms with Crippen molar-refractivity contribution in [3.05, 3.63) is 30.7 Å². The van der Waals surface area contributed by atoms with Gasteiger partial charge in [-0.3, -0.25) is 4.79 Å². The van der Waals surface area contributed by atoms with E-state index in [-0.39, 0.29) is 11.8 Å². The molecule has 0 unspecified atom stereocenters. The number of fused-ring (bicyclic) bond motifs is 1. The molecule has 0 aliphatic carbocycles. The molecule has 0 aromatic carbocycles. The van der Waals surface area contributed by atoms with Gasteiger partial charge in [-0.2, -0.15) is 0 Å². The summed E-state index contributed by atoms with van der Waals surface area (Å²) in [5, 5.41) is 2.65. The molecule has 0 aliphatic heterocycles. The van der Waals surface area contributed by atoms with Crippen LogP contribution < -0.4 is 5.32 Å². The summed E-state index contributed by atoms with van der Waals surface area (Å²) in [6.45, 7) is 0. The van der Waals surface area contributed by atoms with Gasteiger partial charge in [-0.05, 0) is 12.1 Å². The minimum atomic E-state index is -0.217. The number of nitrogens with one attached hydrogen (secondary N) is 1. The molecule has 14 heavy (non-hydrogen) atoms. The maximum atomic E-state index is 11.0. The lowest BCUT2D eigenvalue weighted by Crippen LogP contribution is -2.12. The molecule has 2 aromatic heterocycles. The van der Waals surface area contributed by atoms with Crippen molar-refractivity contribution in [3.63, 3.8) is 0 Å². The zero-order chi connectivity index (χ0) is 9.97. The van der Waals surface area contributed by atoms with E-state index >= 15 is 0 Å². The van der Waals surface area contributed by atoms with Gasteiger partial charge in [0.05, 0.1) is 5.69 Å². The van der Waals surface area contributed by atoms with Crippen LogP contribution in [-0.4, -0.2) is 21.2 Å². The molecule has 0 atom stereocenters. The lowest BCUT2D eigenvalue weighted by atomic mass is 10.4. The summed E-state index contributed by atoms with van der Waals surface area (Å²) >= 11 is 5.37. The van der Waals surface area contributed by atoms with Crippen molar-refractivity contribution in [2.45, 2.75) is 0 Å². The predicted molar refractivity (Wildman–Crippen MR) is 54.5 cm³/mol. The van der Waals surface area contributed by atoms with E-state index in [0.29, 0.717) is 5.69 Å². The SMILES string of the molecule is O=C(CCl)Nc1ccc2nccn2c1. The van der Waals surface area contributed by atoms with Crippen molar-refractivity contribution in [3.8, 4) is 0 Å². The van der Waals surface area contributed by atoms with Crippen LogP contribution >= 0.6 is 11.6 Å². The Morgan fingerprint density at radius 1 is 1.57 bits per heavy atom. The van der Waals surface area contributed by atoms with Crippen LogP contribution in [-0.2, 0) is 4.79 Å². The van der Waals surface area contributed by atoms with Gasteiger partial charge in [-0.25, -0.2) is 4.98 Å². The molecule has 1 N–H and O–H groups in total. The molecule has 0 fully saturated rings. The second-order valence-corrected chi connectivity index (χ2v) is 3.06. The quantitative estimate of drug-likeness (QED) is 0.763. The zero-order valence-corrected chi connectivity index (χ0v) is 8.03. The number of imidazole rings is 1. The van der Waals surface area contributed by atoms with Crippen molar-refractivity contribution in [2.24, 2.45) is 0 Å². The lowest BCUT2D eigenvalue weighted by molar-refractivity contribution is -0.113. The number of nitrogens with zero attached hydrogens (tertiary/aromatic N) is 2. The van der Waals surface area contributed by atoms with Gasteiger partial charge in [0.1, 0.15) is 11.5 Å². The van der Waals surface area contributed by atoms with E-state index in [1.807, 2.05) is 16.7 Å². The first kappa shape index (κ1) is 9.02. The molecular formula is C9H8ClN3O. The van der Waals surface area contributed by atoms with Crippen molar-refractivity contribution in [1.82, 2.24) is 9.38 Å². The average Bonchev–Trinajstić information content (AvgIpc) is 2.64. The summed E-state index contributed by atoms with van der Waals surface area (Å²) in [7, 11) is 0. The lowest BCUT2D eigenvalue weighted by Gasteiger charge is -2.02. The minimum Gasteiger partial charge on any atom is -0.324 e. The highest BCUT2D eigenvalue weighted by atomic mass is 35.5. The van der Waals surface area contributed by atoms with Crippen LogP contribution in [0.4, 0.5) is 5.69 Å². The van der Waals surface area contributed by atoms with Gasteiger partial charge >= 0.3 is 0 Å². The van der Waals surface area contributed by atoms with Gasteiger partial charge in [0.25, 0.3) is 0 Å². The van der Waals surface area contributed by atoms with E-state index in [4.69, 9.17) is 11.6 Å². The first-order chi connectivity index (χ1) is 6.79. The predicted octanol–water partition coefficient (Wildman–Crippen LogP) is 1.51. The van der Waals surface area contributed by atoms with E-state index in [2.05, 4.69) is 10.3 Å². The molecule has 0 bridgehead atoms. The van der Waals surface area contributed by atoms with Crippen LogP contribution in [0.25, 0.3) is 5.65 Å². The average molecular weight is 210 g/mol. The van der Waals surface area contributed by atoms with Gasteiger partial charge in [0.2, 0.25) is 5.91 Å². The summed E-state index contributed by atoms with van der Waals surface area (Å²) in [5.74, 6) is -0.256. The van der Waals surface area contributed by atoms with E-state index in [9.17, 15) is 4.79 Å². The number of rotatable bonds is 2. The van der Waals surface area contributed by atoms with Crippen LogP contribution in [0.2, 0.25) is 0 Å². The Bertz CT molecular complexity index is 466. The molecule has 2 aromatic rings. The van der Waals surface area contributed by atoms with Crippen LogP contribution in [0.5, 0.6) is 0 Å². The largest absolute Gasteiger partial charge is 0.324 e. The highest BCUT2D eigenvalue weighted by Gasteiger charge is 2.00. The van der Waals surface area contributed by atoms with E-state index in [1.54, 1.807) is 18.5 Å². The van der Waals surface area contributed by atoms with Gasteiger partial charge in [-0.15, -0.1) is 11.6 Å². The molecule has 0 aliphatic rings. The third-order valence-electron chi connectivity index (χ3n) is 1.79. The highest BCUT2D eigenvalue weighted by Crippen LogP contribution is 2.09. The fraction of sp³-hybridized carbons (Fsp3) is 0.111. The van der Waals surface area contributed by atoms with Gasteiger partial charge in [0.15, 0.2) is 0 Å². The molecule has 72 valence electrons. The normalized spacial score (nSPS) is 10.4. The van der Waals surface area contributed by atoms with Crippen molar-refractivity contribution < 1.29 is 4.79 Å². The first-order valence-corrected chi connectivity index (χ1v) is 4.61. The number of halogens is 1. The smallest absolute Gasteiger partial charge is 0.239 e. The molecule has 4 nitrogen and oxygen atoms in total. The monoisotopic (exact) mass is 209 g/mol. The van der Waals surface area contributed by atoms with E-state index < -0.39 is 0 Å². The van der Waals surface area contributed by atoms with Gasteiger partial charge in [0, 0.05) is 18.6 Å². The number of carbonyl (C=O) groups excluding carboxylic acids is 1. The number of hydrogen-bond donors (Lipinski definition) is 1. The molecule has 0 saturated heterocycles. The number of amides is 1. The highest BCUT2D eigenvalue weighted by molar-refractivity contribution is 6.29. The molecular weight excluding hydrogens is 202 g/mol. The van der Waals surface area contributed by atoms with Crippen molar-refractivity contribution in [2.75, 3.05) is 11.2 Å². The van der Waals surface area contributed by atoms with Crippen molar-refractivity contribution in [1.29, 1.82) is 0 Å². The maximum absolute atomic E-state index is 11.0. The van der Waals surface area contributed by atoms with Crippen LogP contribution in [0.15, 0.2) is 30.7 Å². The standard InChI is InChI=1S/C9H8ClN3O/c10-5-9(14)12-7-1-2-8-11-3-4-13(8)6-7/h1-4,6H,5H2,(H,12,14). The number of pyridine rings is 1. The number of anilines is 1. The third kappa shape index (κ3) is 1.70. The second kappa shape index (κ2) is 3.67. The molecule has 2 rings (SSSR count). The van der Waals surface area contributed by atoms with Crippen LogP contribution in [0.3, 0.4) is 0 Å². The summed E-state index contributed by atoms with van der Waals surface area (Å²) in [4.78, 5) is 15.1. The second-order valence-electron chi connectivity index (χ2n) is 2.79. The summed E-state index contributed by atoms with van der Waals surface area (Å²) in [5.41, 5.74) is 1.55. The molecule has 5 heteroatoms. The zero-order valence-electron chi connectivity index (χ0n) is 7.27. The topological polar surface area (TPSA) is 46.4 Å². The summed E-state index contributed by atoms with van der Waals surface area (Å²) in [6, 6.07) is 3.61. The number of aromatic nitrogens is 2. The van der Waals surface area contributed by atoms with Crippen LogP contribution in [0.1, 0.15) is 0 Å². The van der Waals surface area contributed by atoms with E-state index in [1.165, 1.54) is 0 Å². The fourth-order valence-electron chi connectivity index (χ4n) is 1.19. The Labute approximate surface area is 85.5 Å². The van der Waals surface area contributed by atoms with Gasteiger partial charge < -0.3 is 9.72 Å². The molecule has 0 radical (unpaired) electrons. The third-order valence-corrected chi connectivity index (χ3v) is 2.04.